The van der Waals surface area contributed by atoms with Crippen LogP contribution in [0, 0.1) is 19.8 Å². The molecule has 3 aromatic rings. The third kappa shape index (κ3) is 4.41. The van der Waals surface area contributed by atoms with Crippen LogP contribution in [0.1, 0.15) is 36.3 Å². The Morgan fingerprint density at radius 1 is 1.18 bits per heavy atom. The molecule has 3 atom stereocenters. The average Bonchev–Trinajstić information content (AvgIpc) is 3.27. The lowest BCUT2D eigenvalue weighted by molar-refractivity contribution is 0.0867. The van der Waals surface area contributed by atoms with Crippen LogP contribution < -0.4 is 20.7 Å². The van der Waals surface area contributed by atoms with Gasteiger partial charge in [0.05, 0.1) is 23.9 Å². The second kappa shape index (κ2) is 8.68. The molecule has 4 N–H and O–H groups in total. The number of aromatic nitrogens is 2. The third-order valence-corrected chi connectivity index (χ3v) is 6.40. The van der Waals surface area contributed by atoms with Crippen LogP contribution in [0.3, 0.4) is 0 Å². The van der Waals surface area contributed by atoms with Gasteiger partial charge in [0.25, 0.3) is 0 Å². The van der Waals surface area contributed by atoms with E-state index >= 15 is 0 Å². The molecule has 33 heavy (non-hydrogen) atoms. The molecule has 0 radical (unpaired) electrons. The van der Waals surface area contributed by atoms with E-state index in [9.17, 15) is 5.11 Å². The number of nitrogens with one attached hydrogen (secondary N) is 1. The Kier molecular flexibility index (Phi) is 5.72. The van der Waals surface area contributed by atoms with Gasteiger partial charge in [-0.2, -0.15) is 0 Å². The Labute approximate surface area is 193 Å². The zero-order chi connectivity index (χ0) is 23.1. The van der Waals surface area contributed by atoms with Crippen molar-refractivity contribution in [2.24, 2.45) is 5.92 Å². The summed E-state index contributed by atoms with van der Waals surface area (Å²) in [4.78, 5) is 11.4. The molecule has 0 spiro atoms. The van der Waals surface area contributed by atoms with Gasteiger partial charge in [-0.3, -0.25) is 0 Å². The maximum atomic E-state index is 10.7. The molecule has 1 saturated heterocycles. The van der Waals surface area contributed by atoms with Gasteiger partial charge in [-0.05, 0) is 56.5 Å². The van der Waals surface area contributed by atoms with Gasteiger partial charge in [-0.15, -0.1) is 0 Å². The van der Waals surface area contributed by atoms with Crippen molar-refractivity contribution in [3.8, 4) is 5.75 Å². The summed E-state index contributed by atoms with van der Waals surface area (Å²) in [5.74, 6) is 2.55. The number of nitrogen functional groups attached to an aromatic ring is 1. The molecule has 0 amide bonds. The number of hydrogen-bond donors (Lipinski definition) is 3. The first-order valence-electron chi connectivity index (χ1n) is 11.5. The van der Waals surface area contributed by atoms with Gasteiger partial charge in [0.2, 0.25) is 0 Å². The van der Waals surface area contributed by atoms with Crippen LogP contribution in [0.2, 0.25) is 0 Å². The number of hydrogen-bond acceptors (Lipinski definition) is 8. The third-order valence-electron chi connectivity index (χ3n) is 6.40. The maximum Gasteiger partial charge on any atom is 0.161 e. The summed E-state index contributed by atoms with van der Waals surface area (Å²) in [6.45, 7) is 8.46. The Hall–Kier alpha value is -3.10. The number of benzene rings is 2. The molecule has 8 nitrogen and oxygen atoms in total. The Morgan fingerprint density at radius 2 is 2.03 bits per heavy atom. The van der Waals surface area contributed by atoms with Crippen LogP contribution in [0.5, 0.6) is 5.75 Å². The van der Waals surface area contributed by atoms with Crippen molar-refractivity contribution in [3.05, 3.63) is 47.3 Å². The van der Waals surface area contributed by atoms with Crippen LogP contribution in [-0.2, 0) is 4.74 Å². The average molecular weight is 450 g/mol. The molecular weight excluding hydrogens is 418 g/mol. The Bertz CT molecular complexity index is 1160. The molecule has 1 aromatic heterocycles. The number of rotatable bonds is 5. The minimum Gasteiger partial charge on any atom is -0.487 e. The smallest absolute Gasteiger partial charge is 0.161 e. The Morgan fingerprint density at radius 3 is 2.79 bits per heavy atom. The highest BCUT2D eigenvalue weighted by atomic mass is 16.5. The molecular formula is C25H31N5O3. The summed E-state index contributed by atoms with van der Waals surface area (Å²) >= 11 is 0. The topological polar surface area (TPSA) is 106 Å². The van der Waals surface area contributed by atoms with E-state index in [0.29, 0.717) is 11.7 Å². The summed E-state index contributed by atoms with van der Waals surface area (Å²) in [6, 6.07) is 10.0. The molecule has 1 fully saturated rings. The lowest BCUT2D eigenvalue weighted by Gasteiger charge is -2.37. The number of aryl methyl sites for hydroxylation is 2. The van der Waals surface area contributed by atoms with E-state index in [0.717, 1.165) is 71.2 Å². The van der Waals surface area contributed by atoms with E-state index in [1.807, 2.05) is 43.0 Å². The SMILES string of the molecule is Cc1cc(N)cc([C@@H](C)Nc2nc(C)nc3cc4c(cc23)N(C[C@H]2CCOC2)C(O)CO4)c1. The Balaban J connectivity index is 1.53. The molecule has 0 saturated carbocycles. The maximum absolute atomic E-state index is 10.7. The number of nitrogens with zero attached hydrogens (tertiary/aromatic N) is 3. The molecule has 3 heterocycles. The van der Waals surface area contributed by atoms with Crippen molar-refractivity contribution in [2.45, 2.75) is 39.5 Å². The fourth-order valence-corrected chi connectivity index (χ4v) is 4.73. The van der Waals surface area contributed by atoms with Crippen LogP contribution in [0.15, 0.2) is 30.3 Å². The fourth-order valence-electron chi connectivity index (χ4n) is 4.73. The first-order chi connectivity index (χ1) is 15.9. The largest absolute Gasteiger partial charge is 0.487 e. The second-order valence-corrected chi connectivity index (χ2v) is 9.17. The van der Waals surface area contributed by atoms with Gasteiger partial charge in [-0.1, -0.05) is 6.07 Å². The van der Waals surface area contributed by atoms with Crippen molar-refractivity contribution >= 4 is 28.1 Å². The minimum atomic E-state index is -0.701. The number of nitrogens with two attached hydrogens (primary N) is 1. The predicted octanol–water partition coefficient (Wildman–Crippen LogP) is 3.56. The highest BCUT2D eigenvalue weighted by Crippen LogP contribution is 2.39. The van der Waals surface area contributed by atoms with Crippen molar-refractivity contribution in [1.29, 1.82) is 0 Å². The van der Waals surface area contributed by atoms with E-state index in [4.69, 9.17) is 20.2 Å². The van der Waals surface area contributed by atoms with E-state index in [1.54, 1.807) is 0 Å². The number of aliphatic hydroxyl groups is 1. The number of ether oxygens (including phenoxy) is 2. The van der Waals surface area contributed by atoms with Crippen LogP contribution in [0.4, 0.5) is 17.2 Å². The predicted molar refractivity (Wildman–Crippen MR) is 130 cm³/mol. The lowest BCUT2D eigenvalue weighted by atomic mass is 10.0. The first-order valence-corrected chi connectivity index (χ1v) is 11.5. The second-order valence-electron chi connectivity index (χ2n) is 9.17. The fraction of sp³-hybridized carbons (Fsp3) is 0.440. The van der Waals surface area contributed by atoms with Crippen LogP contribution in [0.25, 0.3) is 10.9 Å². The van der Waals surface area contributed by atoms with Gasteiger partial charge >= 0.3 is 0 Å². The molecule has 5 rings (SSSR count). The summed E-state index contributed by atoms with van der Waals surface area (Å²) in [6.07, 6.45) is 0.298. The highest BCUT2D eigenvalue weighted by molar-refractivity contribution is 5.94. The normalized spacial score (nSPS) is 21.0. The minimum absolute atomic E-state index is 0.00527. The van der Waals surface area contributed by atoms with Gasteiger partial charge in [-0.25, -0.2) is 9.97 Å². The van der Waals surface area contributed by atoms with Crippen LogP contribution in [-0.4, -0.2) is 47.7 Å². The zero-order valence-electron chi connectivity index (χ0n) is 19.3. The molecule has 2 aliphatic heterocycles. The highest BCUT2D eigenvalue weighted by Gasteiger charge is 2.30. The van der Waals surface area contributed by atoms with Crippen molar-refractivity contribution in [2.75, 3.05) is 42.3 Å². The first kappa shape index (κ1) is 21.7. The van der Waals surface area contributed by atoms with Gasteiger partial charge in [0, 0.05) is 36.2 Å². The summed E-state index contributed by atoms with van der Waals surface area (Å²) in [5.41, 5.74) is 10.7. The van der Waals surface area contributed by atoms with Gasteiger partial charge in [0.15, 0.2) is 6.23 Å². The monoisotopic (exact) mass is 449 g/mol. The summed E-state index contributed by atoms with van der Waals surface area (Å²) < 4.78 is 11.4. The molecule has 1 unspecified atom stereocenters. The molecule has 2 aliphatic rings. The number of aliphatic hydroxyl groups excluding tert-OH is 1. The van der Waals surface area contributed by atoms with Crippen molar-refractivity contribution in [3.63, 3.8) is 0 Å². The van der Waals surface area contributed by atoms with E-state index in [1.165, 1.54) is 0 Å². The zero-order valence-corrected chi connectivity index (χ0v) is 19.3. The van der Waals surface area contributed by atoms with E-state index in [-0.39, 0.29) is 12.6 Å². The van der Waals surface area contributed by atoms with E-state index < -0.39 is 6.23 Å². The van der Waals surface area contributed by atoms with Crippen molar-refractivity contribution in [1.82, 2.24) is 9.97 Å². The molecule has 0 bridgehead atoms. The summed E-state index contributed by atoms with van der Waals surface area (Å²) in [7, 11) is 0. The number of fused-ring (bicyclic) bond motifs is 2. The lowest BCUT2D eigenvalue weighted by Crippen LogP contribution is -2.45. The van der Waals surface area contributed by atoms with Gasteiger partial charge < -0.3 is 30.5 Å². The number of anilines is 3. The van der Waals surface area contributed by atoms with Crippen molar-refractivity contribution < 1.29 is 14.6 Å². The van der Waals surface area contributed by atoms with Gasteiger partial charge in [0.1, 0.15) is 24.0 Å². The van der Waals surface area contributed by atoms with E-state index in [2.05, 4.69) is 23.3 Å². The standard InChI is InChI=1S/C25H31N5O3/c1-14-6-18(8-19(26)7-14)15(2)27-25-20-9-22-23(10-21(20)28-16(3)29-25)33-13-24(31)30(22)11-17-4-5-32-12-17/h6-10,15,17,24,31H,4-5,11-13,26H2,1-3H3,(H,27,28,29)/t15-,17-,24?/m1/s1. The molecule has 0 aliphatic carbocycles. The summed E-state index contributed by atoms with van der Waals surface area (Å²) in [5, 5.41) is 15.1. The molecule has 8 heteroatoms. The quantitative estimate of drug-likeness (QED) is 0.508. The molecule has 2 aromatic carbocycles. The molecule has 174 valence electrons. The van der Waals surface area contributed by atoms with Crippen LogP contribution >= 0.6 is 0 Å².